The smallest absolute Gasteiger partial charge is 0.238 e. The first-order valence-corrected chi connectivity index (χ1v) is 10.5. The molecule has 1 aliphatic carbocycles. The van der Waals surface area contributed by atoms with E-state index in [1.165, 1.54) is 25.7 Å². The molecule has 1 saturated carbocycles. The summed E-state index contributed by atoms with van der Waals surface area (Å²) >= 11 is 0. The van der Waals surface area contributed by atoms with Gasteiger partial charge in [0.1, 0.15) is 5.82 Å². The van der Waals surface area contributed by atoms with Crippen LogP contribution in [0, 0.1) is 0 Å². The Bertz CT molecular complexity index is 910. The van der Waals surface area contributed by atoms with Crippen molar-refractivity contribution in [2.45, 2.75) is 49.6 Å². The van der Waals surface area contributed by atoms with Gasteiger partial charge in [0.2, 0.25) is 16.0 Å². The Morgan fingerprint density at radius 3 is 2.73 bits per heavy atom. The Balaban J connectivity index is 1.54. The minimum Gasteiger partial charge on any atom is -0.352 e. The maximum absolute atomic E-state index is 11.6. The van der Waals surface area contributed by atoms with E-state index in [0.29, 0.717) is 18.5 Å². The van der Waals surface area contributed by atoms with E-state index in [1.807, 2.05) is 12.1 Å². The molecule has 0 unspecified atom stereocenters. The fraction of sp³-hybridized carbons (Fsp3) is 0.444. The first-order valence-electron chi connectivity index (χ1n) is 8.98. The van der Waals surface area contributed by atoms with E-state index in [1.54, 1.807) is 18.3 Å². The summed E-state index contributed by atoms with van der Waals surface area (Å²) in [6.07, 6.45) is 7.47. The number of rotatable bonds is 4. The molecule has 26 heavy (non-hydrogen) atoms. The molecule has 0 radical (unpaired) electrons. The molecule has 8 heteroatoms. The first kappa shape index (κ1) is 17.2. The number of aromatic nitrogens is 2. The maximum Gasteiger partial charge on any atom is 0.238 e. The Hall–Kier alpha value is -2.19. The molecule has 1 fully saturated rings. The van der Waals surface area contributed by atoms with Crippen molar-refractivity contribution >= 4 is 21.8 Å². The van der Waals surface area contributed by atoms with Crippen LogP contribution in [0.4, 0.5) is 11.8 Å². The topological polar surface area (TPSA) is 101 Å². The van der Waals surface area contributed by atoms with Gasteiger partial charge in [-0.1, -0.05) is 18.9 Å². The molecule has 0 spiro atoms. The molecule has 1 aromatic heterocycles. The lowest BCUT2D eigenvalue weighted by molar-refractivity contribution is 0.597. The maximum atomic E-state index is 11.6. The predicted molar refractivity (Wildman–Crippen MR) is 100 cm³/mol. The minimum atomic E-state index is -3.69. The summed E-state index contributed by atoms with van der Waals surface area (Å²) < 4.78 is 23.2. The van der Waals surface area contributed by atoms with Crippen molar-refractivity contribution in [1.82, 2.24) is 9.97 Å². The summed E-state index contributed by atoms with van der Waals surface area (Å²) in [6.45, 7) is 1.44. The van der Waals surface area contributed by atoms with Crippen molar-refractivity contribution in [2.24, 2.45) is 5.14 Å². The van der Waals surface area contributed by atoms with Gasteiger partial charge in [0.25, 0.3) is 0 Å². The van der Waals surface area contributed by atoms with Gasteiger partial charge in [-0.25, -0.2) is 18.5 Å². The van der Waals surface area contributed by atoms with E-state index in [2.05, 4.69) is 20.2 Å². The predicted octanol–water partition coefficient (Wildman–Crippen LogP) is 2.04. The van der Waals surface area contributed by atoms with Crippen molar-refractivity contribution in [2.75, 3.05) is 16.8 Å². The van der Waals surface area contributed by atoms with E-state index in [0.717, 1.165) is 29.9 Å². The molecule has 0 bridgehead atoms. The lowest BCUT2D eigenvalue weighted by Crippen LogP contribution is -2.31. The van der Waals surface area contributed by atoms with E-state index in [4.69, 9.17) is 5.14 Å². The molecule has 1 aromatic carbocycles. The normalized spacial score (nSPS) is 18.0. The molecule has 7 nitrogen and oxygen atoms in total. The Labute approximate surface area is 153 Å². The highest BCUT2D eigenvalue weighted by Crippen LogP contribution is 2.26. The molecule has 1 aliphatic heterocycles. The van der Waals surface area contributed by atoms with Gasteiger partial charge in [-0.2, -0.15) is 4.98 Å². The van der Waals surface area contributed by atoms with Gasteiger partial charge in [0.15, 0.2) is 0 Å². The van der Waals surface area contributed by atoms with Crippen molar-refractivity contribution in [3.63, 3.8) is 0 Å². The molecule has 0 atom stereocenters. The monoisotopic (exact) mass is 373 g/mol. The summed E-state index contributed by atoms with van der Waals surface area (Å²) in [5.41, 5.74) is 2.14. The van der Waals surface area contributed by atoms with Crippen LogP contribution in [-0.2, 0) is 23.0 Å². The largest absolute Gasteiger partial charge is 0.352 e. The second-order valence-corrected chi connectivity index (χ2v) is 8.57. The van der Waals surface area contributed by atoms with Crippen molar-refractivity contribution in [1.29, 1.82) is 0 Å². The fourth-order valence-electron chi connectivity index (χ4n) is 3.75. The number of nitrogens with two attached hydrogens (primary N) is 1. The fourth-order valence-corrected chi connectivity index (χ4v) is 4.32. The highest BCUT2D eigenvalue weighted by atomic mass is 32.2. The van der Waals surface area contributed by atoms with Gasteiger partial charge >= 0.3 is 0 Å². The molecule has 3 N–H and O–H groups in total. The van der Waals surface area contributed by atoms with Gasteiger partial charge in [-0.05, 0) is 48.6 Å². The number of hydrogen-bond acceptors (Lipinski definition) is 6. The molecule has 138 valence electrons. The SMILES string of the molecule is NS(=O)(=O)c1ccc2c(c1)CN(c1ccnc(NC3CCCC3)n1)CC2. The zero-order valence-corrected chi connectivity index (χ0v) is 15.4. The van der Waals surface area contributed by atoms with Crippen LogP contribution < -0.4 is 15.4 Å². The van der Waals surface area contributed by atoms with E-state index >= 15 is 0 Å². The summed E-state index contributed by atoms with van der Waals surface area (Å²) in [4.78, 5) is 11.3. The third kappa shape index (κ3) is 3.66. The lowest BCUT2D eigenvalue weighted by atomic mass is 10.00. The van der Waals surface area contributed by atoms with Crippen molar-refractivity contribution in [3.8, 4) is 0 Å². The summed E-state index contributed by atoms with van der Waals surface area (Å²) in [5.74, 6) is 1.52. The molecule has 2 aromatic rings. The Morgan fingerprint density at radius 2 is 1.96 bits per heavy atom. The molecule has 0 amide bonds. The highest BCUT2D eigenvalue weighted by Gasteiger charge is 2.21. The number of anilines is 2. The lowest BCUT2D eigenvalue weighted by Gasteiger charge is -2.30. The van der Waals surface area contributed by atoms with E-state index in [9.17, 15) is 8.42 Å². The van der Waals surface area contributed by atoms with Crippen LogP contribution in [0.15, 0.2) is 35.4 Å². The molecular formula is C18H23N5O2S. The van der Waals surface area contributed by atoms with Crippen LogP contribution in [0.3, 0.4) is 0 Å². The molecule has 4 rings (SSSR count). The van der Waals surface area contributed by atoms with E-state index < -0.39 is 10.0 Å². The quantitative estimate of drug-likeness (QED) is 0.850. The van der Waals surface area contributed by atoms with Crippen molar-refractivity contribution in [3.05, 3.63) is 41.6 Å². The van der Waals surface area contributed by atoms with Gasteiger partial charge in [0.05, 0.1) is 4.90 Å². The average Bonchev–Trinajstić information content (AvgIpc) is 3.13. The van der Waals surface area contributed by atoms with Crippen LogP contribution >= 0.6 is 0 Å². The van der Waals surface area contributed by atoms with Crippen molar-refractivity contribution < 1.29 is 8.42 Å². The molecule has 0 saturated heterocycles. The van der Waals surface area contributed by atoms with Crippen LogP contribution in [0.2, 0.25) is 0 Å². The third-order valence-corrected chi connectivity index (χ3v) is 6.08. The van der Waals surface area contributed by atoms with Gasteiger partial charge in [-0.15, -0.1) is 0 Å². The minimum absolute atomic E-state index is 0.157. The Kier molecular flexibility index (Phi) is 4.54. The number of nitrogens with zero attached hydrogens (tertiary/aromatic N) is 3. The number of benzene rings is 1. The zero-order chi connectivity index (χ0) is 18.1. The van der Waals surface area contributed by atoms with Crippen LogP contribution in [0.5, 0.6) is 0 Å². The van der Waals surface area contributed by atoms with Crippen LogP contribution in [0.25, 0.3) is 0 Å². The summed E-state index contributed by atoms with van der Waals surface area (Å²) in [6, 6.07) is 7.48. The number of primary sulfonamides is 1. The second kappa shape index (κ2) is 6.85. The molecular weight excluding hydrogens is 350 g/mol. The Morgan fingerprint density at radius 1 is 1.15 bits per heavy atom. The second-order valence-electron chi connectivity index (χ2n) is 7.01. The third-order valence-electron chi connectivity index (χ3n) is 5.17. The number of fused-ring (bicyclic) bond motifs is 1. The zero-order valence-electron chi connectivity index (χ0n) is 14.6. The van der Waals surface area contributed by atoms with E-state index in [-0.39, 0.29) is 4.90 Å². The van der Waals surface area contributed by atoms with Gasteiger partial charge < -0.3 is 10.2 Å². The van der Waals surface area contributed by atoms with Gasteiger partial charge in [0, 0.05) is 25.3 Å². The van der Waals surface area contributed by atoms with Crippen LogP contribution in [-0.4, -0.2) is 31.0 Å². The summed E-state index contributed by atoms with van der Waals surface area (Å²) in [5, 5.41) is 8.69. The van der Waals surface area contributed by atoms with Crippen LogP contribution in [0.1, 0.15) is 36.8 Å². The standard InChI is InChI=1S/C18H23N5O2S/c19-26(24,25)16-6-5-13-8-10-23(12-14(13)11-16)17-7-9-20-18(22-17)21-15-3-1-2-4-15/h5-7,9,11,15H,1-4,8,10,12H2,(H2,19,24,25)(H,20,21,22). The molecule has 2 heterocycles. The number of hydrogen-bond donors (Lipinski definition) is 2. The summed E-state index contributed by atoms with van der Waals surface area (Å²) in [7, 11) is -3.69. The first-order chi connectivity index (χ1) is 12.5. The highest BCUT2D eigenvalue weighted by molar-refractivity contribution is 7.89. The number of nitrogens with one attached hydrogen (secondary N) is 1. The molecule has 2 aliphatic rings. The number of sulfonamides is 1. The average molecular weight is 373 g/mol. The van der Waals surface area contributed by atoms with Gasteiger partial charge in [-0.3, -0.25) is 0 Å².